The Morgan fingerprint density at radius 3 is 1.29 bits per heavy atom. The van der Waals surface area contributed by atoms with Crippen LogP contribution in [0.2, 0.25) is 0 Å². The lowest BCUT2D eigenvalue weighted by Crippen LogP contribution is -1.93. The van der Waals surface area contributed by atoms with Crippen molar-refractivity contribution in [3.63, 3.8) is 0 Å². The highest BCUT2D eigenvalue weighted by atomic mass is 14.2. The van der Waals surface area contributed by atoms with Crippen LogP contribution in [0.25, 0.3) is 130 Å². The monoisotopic (exact) mass is 730 g/mol. The minimum atomic E-state index is 1.22. The summed E-state index contributed by atoms with van der Waals surface area (Å²) in [6.45, 7) is 0. The SMILES string of the molecule is c1cc(-c2c3ccccc3c(-c3ccc4ccc5cccc6ccc3c4c56)c3ccccc23)cc(-c2cc3c4ccccc4c4ccccc4c3c3ccccc23)c1. The van der Waals surface area contributed by atoms with Crippen molar-refractivity contribution in [2.75, 3.05) is 0 Å². The van der Waals surface area contributed by atoms with Crippen molar-refractivity contribution in [3.05, 3.63) is 206 Å². The van der Waals surface area contributed by atoms with Crippen LogP contribution in [0.3, 0.4) is 0 Å². The van der Waals surface area contributed by atoms with Gasteiger partial charge in [-0.05, 0) is 142 Å². The Balaban J connectivity index is 1.09. The molecule has 0 atom stereocenters. The number of hydrogen-bond acceptors (Lipinski definition) is 0. The van der Waals surface area contributed by atoms with Crippen LogP contribution >= 0.6 is 0 Å². The van der Waals surface area contributed by atoms with Crippen molar-refractivity contribution in [1.82, 2.24) is 0 Å². The van der Waals surface area contributed by atoms with Crippen LogP contribution in [-0.2, 0) is 0 Å². The van der Waals surface area contributed by atoms with E-state index >= 15 is 0 Å². The first-order valence-electron chi connectivity index (χ1n) is 20.3. The average Bonchev–Trinajstić information content (AvgIpc) is 3.29. The molecule has 0 nitrogen and oxygen atoms in total. The summed E-state index contributed by atoms with van der Waals surface area (Å²) < 4.78 is 0. The van der Waals surface area contributed by atoms with Gasteiger partial charge < -0.3 is 0 Å². The average molecular weight is 731 g/mol. The summed E-state index contributed by atoms with van der Waals surface area (Å²) in [7, 11) is 0. The predicted molar refractivity (Wildman–Crippen MR) is 251 cm³/mol. The zero-order chi connectivity index (χ0) is 37.9. The molecule has 0 spiro atoms. The second-order valence-corrected chi connectivity index (χ2v) is 15.9. The largest absolute Gasteiger partial charge is 0.0616 e. The van der Waals surface area contributed by atoms with Crippen LogP contribution in [0.15, 0.2) is 206 Å². The minimum absolute atomic E-state index is 1.22. The van der Waals surface area contributed by atoms with Crippen molar-refractivity contribution in [3.8, 4) is 33.4 Å². The lowest BCUT2D eigenvalue weighted by atomic mass is 9.83. The van der Waals surface area contributed by atoms with E-state index in [9.17, 15) is 0 Å². The van der Waals surface area contributed by atoms with E-state index in [0.29, 0.717) is 0 Å². The van der Waals surface area contributed by atoms with Gasteiger partial charge in [0.15, 0.2) is 0 Å². The molecule has 0 saturated carbocycles. The molecular formula is C58H34. The highest BCUT2D eigenvalue weighted by molar-refractivity contribution is 6.33. The van der Waals surface area contributed by atoms with Crippen LogP contribution < -0.4 is 0 Å². The van der Waals surface area contributed by atoms with Crippen LogP contribution in [-0.4, -0.2) is 0 Å². The molecule has 0 heterocycles. The van der Waals surface area contributed by atoms with Gasteiger partial charge in [0, 0.05) is 0 Å². The fraction of sp³-hybridized carbons (Fsp3) is 0. The van der Waals surface area contributed by atoms with Gasteiger partial charge in [0.2, 0.25) is 0 Å². The predicted octanol–water partition coefficient (Wildman–Crippen LogP) is 16.5. The van der Waals surface area contributed by atoms with Crippen LogP contribution in [0.4, 0.5) is 0 Å². The maximum Gasteiger partial charge on any atom is -0.00199 e. The molecule has 0 fully saturated rings. The van der Waals surface area contributed by atoms with Gasteiger partial charge in [-0.3, -0.25) is 0 Å². The van der Waals surface area contributed by atoms with Crippen LogP contribution in [0.5, 0.6) is 0 Å². The van der Waals surface area contributed by atoms with Crippen LogP contribution in [0, 0.1) is 0 Å². The third-order valence-corrected chi connectivity index (χ3v) is 12.9. The zero-order valence-electron chi connectivity index (χ0n) is 31.6. The zero-order valence-corrected chi connectivity index (χ0v) is 31.6. The molecule has 13 aromatic rings. The van der Waals surface area contributed by atoms with E-state index in [1.54, 1.807) is 0 Å². The number of rotatable bonds is 3. The molecular weight excluding hydrogens is 697 g/mol. The molecule has 266 valence electrons. The van der Waals surface area contributed by atoms with Gasteiger partial charge in [-0.15, -0.1) is 0 Å². The summed E-state index contributed by atoms with van der Waals surface area (Å²) in [5, 5.41) is 23.3. The van der Waals surface area contributed by atoms with E-state index < -0.39 is 0 Å². The molecule has 13 aromatic carbocycles. The number of hydrogen-bond donors (Lipinski definition) is 0. The summed E-state index contributed by atoms with van der Waals surface area (Å²) in [6, 6.07) is 77.2. The minimum Gasteiger partial charge on any atom is -0.0616 e. The Labute approximate surface area is 335 Å². The van der Waals surface area contributed by atoms with Crippen LogP contribution in [0.1, 0.15) is 0 Å². The van der Waals surface area contributed by atoms with Gasteiger partial charge in [0.05, 0.1) is 0 Å². The third kappa shape index (κ3) is 4.35. The molecule has 0 radical (unpaired) electrons. The standard InChI is InChI=1S/C58H34/c1-2-19-42-40(17-1)41-18-3-5-21-44(41)58-45-22-6-4-20-43(45)52(34-53(42)58)38-15-12-16-39(33-38)55-46-23-7-9-25-48(46)57(49-26-10-8-24-47(49)55)51-32-30-37-28-27-35-13-11-14-36-29-31-50(51)56(37)54(35)36/h1-34H. The van der Waals surface area contributed by atoms with E-state index in [2.05, 4.69) is 206 Å². The molecule has 13 rings (SSSR count). The number of benzene rings is 13. The quantitative estimate of drug-likeness (QED) is 0.125. The summed E-state index contributed by atoms with van der Waals surface area (Å²) in [5.41, 5.74) is 7.54. The van der Waals surface area contributed by atoms with E-state index in [-0.39, 0.29) is 0 Å². The van der Waals surface area contributed by atoms with E-state index in [4.69, 9.17) is 0 Å². The molecule has 0 aromatic heterocycles. The molecule has 0 amide bonds. The Kier molecular flexibility index (Phi) is 6.54. The molecule has 0 heteroatoms. The smallest absolute Gasteiger partial charge is 0.00199 e. The van der Waals surface area contributed by atoms with E-state index in [0.717, 1.165) is 0 Å². The van der Waals surface area contributed by atoms with Crippen molar-refractivity contribution in [1.29, 1.82) is 0 Å². The van der Waals surface area contributed by atoms with Crippen molar-refractivity contribution in [2.45, 2.75) is 0 Å². The first-order valence-corrected chi connectivity index (χ1v) is 20.3. The second kappa shape index (κ2) is 12.0. The van der Waals surface area contributed by atoms with Gasteiger partial charge in [0.25, 0.3) is 0 Å². The molecule has 58 heavy (non-hydrogen) atoms. The molecule has 0 aliphatic rings. The third-order valence-electron chi connectivity index (χ3n) is 12.9. The summed E-state index contributed by atoms with van der Waals surface area (Å²) in [6.07, 6.45) is 0. The Morgan fingerprint density at radius 2 is 0.638 bits per heavy atom. The van der Waals surface area contributed by atoms with Crippen molar-refractivity contribution in [2.24, 2.45) is 0 Å². The lowest BCUT2D eigenvalue weighted by molar-refractivity contribution is 1.64. The molecule has 0 unspecified atom stereocenters. The number of fused-ring (bicyclic) bond motifs is 10. The van der Waals surface area contributed by atoms with Crippen molar-refractivity contribution < 1.29 is 0 Å². The van der Waals surface area contributed by atoms with Gasteiger partial charge in [-0.1, -0.05) is 194 Å². The first kappa shape index (κ1) is 31.6. The fourth-order valence-electron chi connectivity index (χ4n) is 10.5. The second-order valence-electron chi connectivity index (χ2n) is 15.9. The lowest BCUT2D eigenvalue weighted by Gasteiger charge is -2.20. The van der Waals surface area contributed by atoms with Gasteiger partial charge >= 0.3 is 0 Å². The van der Waals surface area contributed by atoms with E-state index in [1.165, 1.54) is 130 Å². The van der Waals surface area contributed by atoms with Gasteiger partial charge in [0.1, 0.15) is 0 Å². The maximum absolute atomic E-state index is 2.46. The maximum atomic E-state index is 2.46. The molecule has 0 bridgehead atoms. The summed E-state index contributed by atoms with van der Waals surface area (Å²) in [4.78, 5) is 0. The van der Waals surface area contributed by atoms with Gasteiger partial charge in [-0.2, -0.15) is 0 Å². The highest BCUT2D eigenvalue weighted by Crippen LogP contribution is 2.48. The molecule has 0 aliphatic heterocycles. The summed E-state index contributed by atoms with van der Waals surface area (Å²) in [5.74, 6) is 0. The molecule has 0 saturated heterocycles. The Hall–Kier alpha value is -7.54. The highest BCUT2D eigenvalue weighted by Gasteiger charge is 2.21. The van der Waals surface area contributed by atoms with Gasteiger partial charge in [-0.25, -0.2) is 0 Å². The topological polar surface area (TPSA) is 0 Å². The van der Waals surface area contributed by atoms with E-state index in [1.807, 2.05) is 0 Å². The van der Waals surface area contributed by atoms with Crippen molar-refractivity contribution >= 4 is 97.0 Å². The fourth-order valence-corrected chi connectivity index (χ4v) is 10.5. The first-order chi connectivity index (χ1) is 28.8. The summed E-state index contributed by atoms with van der Waals surface area (Å²) >= 11 is 0. The normalized spacial score (nSPS) is 12.1. The Bertz CT molecular complexity index is 3770. The Morgan fingerprint density at radius 1 is 0.190 bits per heavy atom. The molecule has 0 N–H and O–H groups in total. The molecule has 0 aliphatic carbocycles.